The molecule has 0 radical (unpaired) electrons. The molecule has 1 aromatic heterocycles. The standard InChI is InChI=1S/C14H17NO3S/c1-15-9-14(12-6-2-3-7-13(12)15)19(16,17)10-11-5-4-8-18-11/h2-3,6-7,9,11H,4-5,8,10H2,1H3. The molecule has 2 aromatic rings. The lowest BCUT2D eigenvalue weighted by Crippen LogP contribution is -2.20. The summed E-state index contributed by atoms with van der Waals surface area (Å²) >= 11 is 0. The van der Waals surface area contributed by atoms with Crippen molar-refractivity contribution in [2.45, 2.75) is 23.8 Å². The van der Waals surface area contributed by atoms with Gasteiger partial charge in [-0.1, -0.05) is 18.2 Å². The SMILES string of the molecule is Cn1cc(S(=O)(=O)CC2CCCO2)c2ccccc21. The average Bonchev–Trinajstić information content (AvgIpc) is 2.98. The van der Waals surface area contributed by atoms with Crippen LogP contribution in [0.4, 0.5) is 0 Å². The summed E-state index contributed by atoms with van der Waals surface area (Å²) < 4.78 is 32.3. The molecule has 0 spiro atoms. The molecule has 102 valence electrons. The van der Waals surface area contributed by atoms with Gasteiger partial charge in [0.15, 0.2) is 9.84 Å². The van der Waals surface area contributed by atoms with Crippen molar-refractivity contribution in [3.05, 3.63) is 30.5 Å². The molecule has 1 saturated heterocycles. The molecule has 1 aromatic carbocycles. The molecule has 1 aliphatic rings. The van der Waals surface area contributed by atoms with E-state index in [-0.39, 0.29) is 11.9 Å². The molecule has 4 nitrogen and oxygen atoms in total. The molecule has 1 fully saturated rings. The highest BCUT2D eigenvalue weighted by molar-refractivity contribution is 7.91. The van der Waals surface area contributed by atoms with Gasteiger partial charge in [-0.2, -0.15) is 0 Å². The van der Waals surface area contributed by atoms with Gasteiger partial charge in [-0.3, -0.25) is 0 Å². The maximum Gasteiger partial charge on any atom is 0.183 e. The van der Waals surface area contributed by atoms with Gasteiger partial charge in [-0.25, -0.2) is 8.42 Å². The van der Waals surface area contributed by atoms with Gasteiger partial charge in [-0.15, -0.1) is 0 Å². The second-order valence-electron chi connectivity index (χ2n) is 5.04. The van der Waals surface area contributed by atoms with E-state index in [9.17, 15) is 8.42 Å². The Morgan fingerprint density at radius 3 is 2.89 bits per heavy atom. The molecular weight excluding hydrogens is 262 g/mol. The number of sulfone groups is 1. The molecule has 0 N–H and O–H groups in total. The highest BCUT2D eigenvalue weighted by atomic mass is 32.2. The summed E-state index contributed by atoms with van der Waals surface area (Å²) in [5.41, 5.74) is 0.938. The Hall–Kier alpha value is -1.33. The number of hydrogen-bond donors (Lipinski definition) is 0. The topological polar surface area (TPSA) is 48.3 Å². The van der Waals surface area contributed by atoms with Gasteiger partial charge in [0.1, 0.15) is 0 Å². The minimum atomic E-state index is -3.30. The van der Waals surface area contributed by atoms with Crippen LogP contribution in [0.3, 0.4) is 0 Å². The van der Waals surface area contributed by atoms with E-state index in [1.54, 1.807) is 6.20 Å². The Labute approximate surface area is 112 Å². The first-order valence-electron chi connectivity index (χ1n) is 6.46. The van der Waals surface area contributed by atoms with Crippen LogP contribution >= 0.6 is 0 Å². The maximum absolute atomic E-state index is 12.5. The molecule has 1 aliphatic heterocycles. The van der Waals surface area contributed by atoms with Crippen LogP contribution in [-0.2, 0) is 21.6 Å². The van der Waals surface area contributed by atoms with Gasteiger partial charge in [0.2, 0.25) is 0 Å². The third kappa shape index (κ3) is 2.28. The molecule has 1 atom stereocenters. The van der Waals surface area contributed by atoms with Gasteiger partial charge >= 0.3 is 0 Å². The Balaban J connectivity index is 2.03. The third-order valence-electron chi connectivity index (χ3n) is 3.62. The van der Waals surface area contributed by atoms with Gasteiger partial charge in [-0.05, 0) is 18.9 Å². The first kappa shape index (κ1) is 12.7. The van der Waals surface area contributed by atoms with Crippen molar-refractivity contribution >= 4 is 20.7 Å². The molecule has 19 heavy (non-hydrogen) atoms. The van der Waals surface area contributed by atoms with Gasteiger partial charge < -0.3 is 9.30 Å². The zero-order valence-corrected chi connectivity index (χ0v) is 11.7. The summed E-state index contributed by atoms with van der Waals surface area (Å²) in [5, 5.41) is 0.794. The molecule has 0 saturated carbocycles. The number of aryl methyl sites for hydroxylation is 1. The zero-order chi connectivity index (χ0) is 13.5. The minimum absolute atomic E-state index is 0.0843. The van der Waals surface area contributed by atoms with Gasteiger partial charge in [0, 0.05) is 30.8 Å². The Morgan fingerprint density at radius 1 is 1.37 bits per heavy atom. The monoisotopic (exact) mass is 279 g/mol. The van der Waals surface area contributed by atoms with Crippen molar-refractivity contribution in [2.75, 3.05) is 12.4 Å². The summed E-state index contributed by atoms with van der Waals surface area (Å²) in [7, 11) is -1.43. The normalized spacial score (nSPS) is 20.2. The summed E-state index contributed by atoms with van der Waals surface area (Å²) in [6, 6.07) is 7.57. The van der Waals surface area contributed by atoms with E-state index >= 15 is 0 Å². The van der Waals surface area contributed by atoms with Crippen molar-refractivity contribution in [3.63, 3.8) is 0 Å². The fraction of sp³-hybridized carbons (Fsp3) is 0.429. The number of ether oxygens (including phenoxy) is 1. The van der Waals surface area contributed by atoms with E-state index in [1.165, 1.54) is 0 Å². The second kappa shape index (κ2) is 4.65. The summed E-state index contributed by atoms with van der Waals surface area (Å²) in [6.45, 7) is 0.676. The van der Waals surface area contributed by atoms with Gasteiger partial charge in [0.25, 0.3) is 0 Å². The van der Waals surface area contributed by atoms with E-state index in [0.29, 0.717) is 11.5 Å². The summed E-state index contributed by atoms with van der Waals surface area (Å²) in [4.78, 5) is 0.418. The van der Waals surface area contributed by atoms with E-state index in [0.717, 1.165) is 23.7 Å². The smallest absolute Gasteiger partial charge is 0.183 e. The van der Waals surface area contributed by atoms with Crippen molar-refractivity contribution < 1.29 is 13.2 Å². The molecule has 5 heteroatoms. The third-order valence-corrected chi connectivity index (χ3v) is 5.43. The van der Waals surface area contributed by atoms with Crippen LogP contribution in [0.5, 0.6) is 0 Å². The van der Waals surface area contributed by atoms with Crippen LogP contribution in [0.1, 0.15) is 12.8 Å². The second-order valence-corrected chi connectivity index (χ2v) is 7.04. The molecule has 0 aliphatic carbocycles. The largest absolute Gasteiger partial charge is 0.377 e. The molecule has 3 rings (SSSR count). The lowest BCUT2D eigenvalue weighted by atomic mass is 10.2. The summed E-state index contributed by atoms with van der Waals surface area (Å²) in [6.07, 6.45) is 3.35. The van der Waals surface area contributed by atoms with Gasteiger partial charge in [0.05, 0.1) is 16.8 Å². The number of nitrogens with zero attached hydrogens (tertiary/aromatic N) is 1. The molecular formula is C14H17NO3S. The number of rotatable bonds is 3. The molecule has 0 bridgehead atoms. The highest BCUT2D eigenvalue weighted by Crippen LogP contribution is 2.27. The average molecular weight is 279 g/mol. The van der Waals surface area contributed by atoms with Crippen LogP contribution in [0.15, 0.2) is 35.4 Å². The number of aromatic nitrogens is 1. The predicted molar refractivity (Wildman–Crippen MR) is 73.9 cm³/mol. The van der Waals surface area contributed by atoms with Crippen molar-refractivity contribution in [3.8, 4) is 0 Å². The number of para-hydroxylation sites is 1. The molecule has 1 unspecified atom stereocenters. The molecule has 2 heterocycles. The molecule has 0 amide bonds. The first-order chi connectivity index (χ1) is 9.08. The summed E-state index contributed by atoms with van der Waals surface area (Å²) in [5.74, 6) is 0.0843. The van der Waals surface area contributed by atoms with Crippen LogP contribution in [0, 0.1) is 0 Å². The highest BCUT2D eigenvalue weighted by Gasteiger charge is 2.27. The lowest BCUT2D eigenvalue weighted by molar-refractivity contribution is 0.127. The minimum Gasteiger partial charge on any atom is -0.377 e. The quantitative estimate of drug-likeness (QED) is 0.864. The number of fused-ring (bicyclic) bond motifs is 1. The first-order valence-corrected chi connectivity index (χ1v) is 8.11. The maximum atomic E-state index is 12.5. The Bertz CT molecular complexity index is 697. The predicted octanol–water partition coefficient (Wildman–Crippen LogP) is 2.13. The van der Waals surface area contributed by atoms with E-state index in [1.807, 2.05) is 35.9 Å². The zero-order valence-electron chi connectivity index (χ0n) is 10.9. The van der Waals surface area contributed by atoms with Crippen LogP contribution in [0.2, 0.25) is 0 Å². The Morgan fingerprint density at radius 2 is 2.16 bits per heavy atom. The number of benzene rings is 1. The number of hydrogen-bond acceptors (Lipinski definition) is 3. The fourth-order valence-corrected chi connectivity index (χ4v) is 4.42. The van der Waals surface area contributed by atoms with Crippen molar-refractivity contribution in [2.24, 2.45) is 7.05 Å². The van der Waals surface area contributed by atoms with Crippen LogP contribution < -0.4 is 0 Å². The van der Waals surface area contributed by atoms with E-state index in [4.69, 9.17) is 4.74 Å². The van der Waals surface area contributed by atoms with Crippen molar-refractivity contribution in [1.29, 1.82) is 0 Å². The van der Waals surface area contributed by atoms with Crippen LogP contribution in [-0.4, -0.2) is 31.4 Å². The van der Waals surface area contributed by atoms with E-state index < -0.39 is 9.84 Å². The van der Waals surface area contributed by atoms with E-state index in [2.05, 4.69) is 0 Å². The van der Waals surface area contributed by atoms with Crippen LogP contribution in [0.25, 0.3) is 10.9 Å². The lowest BCUT2D eigenvalue weighted by Gasteiger charge is -2.09. The Kier molecular flexibility index (Phi) is 3.11. The fourth-order valence-electron chi connectivity index (χ4n) is 2.66. The van der Waals surface area contributed by atoms with Crippen molar-refractivity contribution in [1.82, 2.24) is 4.57 Å².